The lowest BCUT2D eigenvalue weighted by Gasteiger charge is -2.44. The maximum atomic E-state index is 14.4. The van der Waals surface area contributed by atoms with Crippen molar-refractivity contribution in [3.8, 4) is 0 Å². The number of nitrogens with two attached hydrogens (primary N) is 3. The monoisotopic (exact) mass is 436 g/mol. The van der Waals surface area contributed by atoms with E-state index in [1.54, 1.807) is 0 Å². The molecule has 0 spiro atoms. The molecular formula is C20H26F6N4. The number of hydrogen-bond acceptors (Lipinski definition) is 4. The normalized spacial score (nSPS) is 22.5. The van der Waals surface area contributed by atoms with Crippen LogP contribution in [0.25, 0.3) is 0 Å². The maximum Gasteiger partial charge on any atom is 0.482 e. The van der Waals surface area contributed by atoms with Crippen LogP contribution in [0.5, 0.6) is 0 Å². The summed E-state index contributed by atoms with van der Waals surface area (Å²) in [6.07, 6.45) is -7.20. The van der Waals surface area contributed by atoms with Crippen LogP contribution in [0.4, 0.5) is 32.0 Å². The first kappa shape index (κ1) is 24.1. The van der Waals surface area contributed by atoms with Crippen molar-refractivity contribution < 1.29 is 26.3 Å². The molecule has 1 aromatic carbocycles. The molecule has 7 N–H and O–H groups in total. The molecule has 4 nitrogen and oxygen atoms in total. The lowest BCUT2D eigenvalue weighted by molar-refractivity contribution is -0.181. The third-order valence-corrected chi connectivity index (χ3v) is 5.25. The Morgan fingerprint density at radius 2 is 1.53 bits per heavy atom. The molecule has 0 aliphatic heterocycles. The van der Waals surface area contributed by atoms with E-state index in [9.17, 15) is 26.3 Å². The zero-order valence-corrected chi connectivity index (χ0v) is 16.3. The summed E-state index contributed by atoms with van der Waals surface area (Å²) >= 11 is 0. The second-order valence-electron chi connectivity index (χ2n) is 7.32. The zero-order valence-electron chi connectivity index (χ0n) is 16.3. The second kappa shape index (κ2) is 9.30. The van der Waals surface area contributed by atoms with Gasteiger partial charge >= 0.3 is 12.5 Å². The lowest BCUT2D eigenvalue weighted by atomic mass is 9.61. The Hall–Kier alpha value is -2.20. The molecule has 2 rings (SSSR count). The molecule has 0 bridgehead atoms. The van der Waals surface area contributed by atoms with Crippen LogP contribution in [0.1, 0.15) is 31.2 Å². The zero-order chi connectivity index (χ0) is 22.6. The van der Waals surface area contributed by atoms with E-state index >= 15 is 0 Å². The lowest BCUT2D eigenvalue weighted by Crippen LogP contribution is -2.47. The van der Waals surface area contributed by atoms with E-state index < -0.39 is 29.5 Å². The van der Waals surface area contributed by atoms with Crippen LogP contribution in [-0.2, 0) is 5.41 Å². The molecule has 0 fully saturated rings. The number of nitrogens with one attached hydrogen (secondary N) is 1. The van der Waals surface area contributed by atoms with Crippen molar-refractivity contribution in [3.05, 3.63) is 53.3 Å². The number of rotatable bonds is 8. The first-order chi connectivity index (χ1) is 13.9. The summed E-state index contributed by atoms with van der Waals surface area (Å²) in [4.78, 5) is 0. The fraction of sp³-hybridized carbons (Fsp3) is 0.500. The first-order valence-corrected chi connectivity index (χ1v) is 9.54. The first-order valence-electron chi connectivity index (χ1n) is 9.54. The van der Waals surface area contributed by atoms with Crippen molar-refractivity contribution >= 4 is 5.69 Å². The number of anilines is 1. The van der Waals surface area contributed by atoms with Crippen molar-refractivity contribution in [1.29, 1.82) is 0 Å². The van der Waals surface area contributed by atoms with Gasteiger partial charge in [-0.25, -0.2) is 0 Å². The molecule has 0 saturated heterocycles. The Bertz CT molecular complexity index is 767. The third kappa shape index (κ3) is 5.48. The number of halogens is 6. The van der Waals surface area contributed by atoms with Gasteiger partial charge in [0, 0.05) is 16.8 Å². The van der Waals surface area contributed by atoms with Gasteiger partial charge < -0.3 is 17.2 Å². The molecule has 10 heteroatoms. The SMILES string of the molecule is NCCCC1=C(NC(F)(F)F)C=CC(CCCN)(c2ccc(N)cc2)C1C(F)(F)F. The van der Waals surface area contributed by atoms with E-state index in [4.69, 9.17) is 17.2 Å². The predicted octanol–water partition coefficient (Wildman–Crippen LogP) is 4.10. The summed E-state index contributed by atoms with van der Waals surface area (Å²) in [5.41, 5.74) is 14.8. The van der Waals surface area contributed by atoms with Crippen LogP contribution in [-0.4, -0.2) is 25.6 Å². The Morgan fingerprint density at radius 1 is 0.933 bits per heavy atom. The summed E-state index contributed by atoms with van der Waals surface area (Å²) < 4.78 is 82.4. The van der Waals surface area contributed by atoms with Gasteiger partial charge in [-0.3, -0.25) is 5.32 Å². The predicted molar refractivity (Wildman–Crippen MR) is 104 cm³/mol. The van der Waals surface area contributed by atoms with Crippen molar-refractivity contribution in [1.82, 2.24) is 5.32 Å². The Balaban J connectivity index is 2.72. The van der Waals surface area contributed by atoms with E-state index in [1.807, 2.05) is 0 Å². The highest BCUT2D eigenvalue weighted by Gasteiger charge is 2.56. The Labute approximate surface area is 171 Å². The molecule has 1 aliphatic rings. The maximum absolute atomic E-state index is 14.4. The minimum atomic E-state index is -4.87. The molecule has 0 amide bonds. The van der Waals surface area contributed by atoms with Crippen molar-refractivity contribution in [3.63, 3.8) is 0 Å². The molecule has 0 saturated carbocycles. The van der Waals surface area contributed by atoms with Crippen molar-refractivity contribution in [2.45, 2.75) is 43.6 Å². The Morgan fingerprint density at radius 3 is 2.03 bits per heavy atom. The number of nitrogen functional groups attached to an aromatic ring is 1. The number of hydrogen-bond donors (Lipinski definition) is 4. The standard InChI is InChI=1S/C20H26F6N4/c21-19(22,23)17-15(3-1-11-27)16(30-20(24,25)26)8-10-18(17,9-2-12-28)13-4-6-14(29)7-5-13/h4-8,10,17,30H,1-3,9,11-12,27-29H2. The van der Waals surface area contributed by atoms with Gasteiger partial charge in [0.2, 0.25) is 0 Å². The minimum absolute atomic E-state index is 0.0134. The minimum Gasteiger partial charge on any atom is -0.399 e. The summed E-state index contributed by atoms with van der Waals surface area (Å²) in [6.45, 7) is 0.194. The number of allylic oxidation sites excluding steroid dienone is 3. The summed E-state index contributed by atoms with van der Waals surface area (Å²) in [6, 6.07) is 5.93. The van der Waals surface area contributed by atoms with Crippen LogP contribution in [0, 0.1) is 5.92 Å². The van der Waals surface area contributed by atoms with E-state index in [2.05, 4.69) is 0 Å². The Kier molecular flexibility index (Phi) is 7.46. The van der Waals surface area contributed by atoms with Gasteiger partial charge in [-0.1, -0.05) is 18.2 Å². The molecular weight excluding hydrogens is 410 g/mol. The fourth-order valence-electron chi connectivity index (χ4n) is 4.06. The summed E-state index contributed by atoms with van der Waals surface area (Å²) in [7, 11) is 0. The summed E-state index contributed by atoms with van der Waals surface area (Å²) in [5, 5.41) is 1.28. The van der Waals surface area contributed by atoms with E-state index in [0.717, 1.165) is 6.08 Å². The van der Waals surface area contributed by atoms with Crippen LogP contribution in [0.15, 0.2) is 47.7 Å². The van der Waals surface area contributed by atoms with Gasteiger partial charge in [-0.15, -0.1) is 0 Å². The highest BCUT2D eigenvalue weighted by Crippen LogP contribution is 2.53. The average molecular weight is 436 g/mol. The number of alkyl halides is 6. The van der Waals surface area contributed by atoms with Crippen LogP contribution in [0.3, 0.4) is 0 Å². The quantitative estimate of drug-likeness (QED) is 0.281. The molecule has 0 aromatic heterocycles. The third-order valence-electron chi connectivity index (χ3n) is 5.25. The van der Waals surface area contributed by atoms with Crippen molar-refractivity contribution in [2.75, 3.05) is 18.8 Å². The molecule has 1 aliphatic carbocycles. The van der Waals surface area contributed by atoms with Crippen LogP contribution in [0.2, 0.25) is 0 Å². The number of benzene rings is 1. The smallest absolute Gasteiger partial charge is 0.399 e. The topological polar surface area (TPSA) is 90.1 Å². The molecule has 168 valence electrons. The van der Waals surface area contributed by atoms with E-state index in [0.29, 0.717) is 11.3 Å². The second-order valence-corrected chi connectivity index (χ2v) is 7.32. The van der Waals surface area contributed by atoms with E-state index in [1.165, 1.54) is 35.7 Å². The largest absolute Gasteiger partial charge is 0.482 e. The molecule has 0 heterocycles. The van der Waals surface area contributed by atoms with Gasteiger partial charge in [-0.05, 0) is 68.1 Å². The molecule has 30 heavy (non-hydrogen) atoms. The van der Waals surface area contributed by atoms with Gasteiger partial charge in [0.05, 0.1) is 5.92 Å². The highest BCUT2D eigenvalue weighted by atomic mass is 19.4. The average Bonchev–Trinajstić information content (AvgIpc) is 2.64. The van der Waals surface area contributed by atoms with Gasteiger partial charge in [0.15, 0.2) is 0 Å². The van der Waals surface area contributed by atoms with Gasteiger partial charge in [-0.2, -0.15) is 26.3 Å². The van der Waals surface area contributed by atoms with Crippen LogP contribution < -0.4 is 22.5 Å². The molecule has 2 atom stereocenters. The fourth-order valence-corrected chi connectivity index (χ4v) is 4.06. The summed E-state index contributed by atoms with van der Waals surface area (Å²) in [5.74, 6) is -2.17. The molecule has 1 aromatic rings. The van der Waals surface area contributed by atoms with Gasteiger partial charge in [0.1, 0.15) is 0 Å². The highest BCUT2D eigenvalue weighted by molar-refractivity contribution is 5.49. The van der Waals surface area contributed by atoms with Crippen molar-refractivity contribution in [2.24, 2.45) is 17.4 Å². The van der Waals surface area contributed by atoms with E-state index in [-0.39, 0.29) is 44.3 Å². The van der Waals surface area contributed by atoms with Crippen LogP contribution >= 0.6 is 0 Å². The molecule has 2 unspecified atom stereocenters. The van der Waals surface area contributed by atoms with Gasteiger partial charge in [0.25, 0.3) is 0 Å². The molecule has 0 radical (unpaired) electrons.